The Labute approximate surface area is 110 Å². The Morgan fingerprint density at radius 3 is 2.63 bits per heavy atom. The number of halogens is 1. The van der Waals surface area contributed by atoms with Crippen LogP contribution < -0.4 is 4.74 Å². The van der Waals surface area contributed by atoms with Gasteiger partial charge in [-0.1, -0.05) is 6.92 Å². The van der Waals surface area contributed by atoms with E-state index < -0.39 is 11.8 Å². The SMILES string of the molecule is CCC(O)C(C)(Oc1ccc(F)cc1)n1cncn1. The van der Waals surface area contributed by atoms with Gasteiger partial charge in [0.15, 0.2) is 0 Å². The Bertz CT molecular complexity index is 515. The number of hydrogen-bond acceptors (Lipinski definition) is 4. The molecular formula is C13H16FN3O2. The molecule has 102 valence electrons. The van der Waals surface area contributed by atoms with E-state index in [0.717, 1.165) is 0 Å². The fourth-order valence-electron chi connectivity index (χ4n) is 1.82. The quantitative estimate of drug-likeness (QED) is 0.897. The van der Waals surface area contributed by atoms with Crippen molar-refractivity contribution in [2.75, 3.05) is 0 Å². The minimum absolute atomic E-state index is 0.342. The highest BCUT2D eigenvalue weighted by atomic mass is 19.1. The van der Waals surface area contributed by atoms with Gasteiger partial charge in [-0.15, -0.1) is 0 Å². The first-order chi connectivity index (χ1) is 9.06. The van der Waals surface area contributed by atoms with E-state index in [9.17, 15) is 9.50 Å². The molecule has 0 aliphatic rings. The van der Waals surface area contributed by atoms with Crippen LogP contribution >= 0.6 is 0 Å². The molecule has 2 unspecified atom stereocenters. The lowest BCUT2D eigenvalue weighted by atomic mass is 10.1. The van der Waals surface area contributed by atoms with E-state index >= 15 is 0 Å². The summed E-state index contributed by atoms with van der Waals surface area (Å²) in [6.07, 6.45) is 2.55. The van der Waals surface area contributed by atoms with Crippen molar-refractivity contribution < 1.29 is 14.2 Å². The first kappa shape index (κ1) is 13.5. The van der Waals surface area contributed by atoms with Crippen LogP contribution in [0, 0.1) is 5.82 Å². The zero-order valence-corrected chi connectivity index (χ0v) is 10.8. The summed E-state index contributed by atoms with van der Waals surface area (Å²) < 4.78 is 20.1. The van der Waals surface area contributed by atoms with E-state index in [4.69, 9.17) is 4.74 Å². The highest BCUT2D eigenvalue weighted by Crippen LogP contribution is 2.26. The standard InChI is InChI=1S/C13H16FN3O2/c1-3-12(18)13(2,17-9-15-8-16-17)19-11-6-4-10(14)5-7-11/h4-9,12,18H,3H2,1-2H3. The zero-order valence-electron chi connectivity index (χ0n) is 10.8. The maximum absolute atomic E-state index is 12.9. The molecule has 6 heteroatoms. The van der Waals surface area contributed by atoms with Crippen molar-refractivity contribution in [1.29, 1.82) is 0 Å². The summed E-state index contributed by atoms with van der Waals surface area (Å²) >= 11 is 0. The van der Waals surface area contributed by atoms with Gasteiger partial charge in [0, 0.05) is 0 Å². The summed E-state index contributed by atoms with van der Waals surface area (Å²) in [4.78, 5) is 3.86. The Morgan fingerprint density at radius 2 is 2.11 bits per heavy atom. The van der Waals surface area contributed by atoms with E-state index in [2.05, 4.69) is 10.1 Å². The van der Waals surface area contributed by atoms with Gasteiger partial charge < -0.3 is 9.84 Å². The molecule has 1 aromatic heterocycles. The number of ether oxygens (including phenoxy) is 1. The number of hydrogen-bond donors (Lipinski definition) is 1. The van der Waals surface area contributed by atoms with Crippen LogP contribution in [0.3, 0.4) is 0 Å². The third-order valence-electron chi connectivity index (χ3n) is 3.02. The first-order valence-corrected chi connectivity index (χ1v) is 6.04. The molecule has 2 aromatic rings. The van der Waals surface area contributed by atoms with E-state index in [1.54, 1.807) is 6.92 Å². The number of aliphatic hydroxyl groups is 1. The molecule has 0 aliphatic carbocycles. The summed E-state index contributed by atoms with van der Waals surface area (Å²) in [5, 5.41) is 14.2. The van der Waals surface area contributed by atoms with Crippen molar-refractivity contribution >= 4 is 0 Å². The maximum atomic E-state index is 12.9. The van der Waals surface area contributed by atoms with Crippen LogP contribution in [0.5, 0.6) is 5.75 Å². The van der Waals surface area contributed by atoms with Crippen LogP contribution in [0.4, 0.5) is 4.39 Å². The molecule has 0 fully saturated rings. The average Bonchev–Trinajstić information content (AvgIpc) is 2.95. The summed E-state index contributed by atoms with van der Waals surface area (Å²) in [5.74, 6) is 0.109. The normalized spacial score (nSPS) is 15.8. The van der Waals surface area contributed by atoms with Crippen LogP contribution in [0.15, 0.2) is 36.9 Å². The molecule has 0 spiro atoms. The van der Waals surface area contributed by atoms with Gasteiger partial charge in [-0.05, 0) is 37.6 Å². The van der Waals surface area contributed by atoms with Crippen molar-refractivity contribution in [1.82, 2.24) is 14.8 Å². The molecule has 19 heavy (non-hydrogen) atoms. The Hall–Kier alpha value is -1.95. The second-order valence-electron chi connectivity index (χ2n) is 4.37. The molecule has 0 amide bonds. The third-order valence-corrected chi connectivity index (χ3v) is 3.02. The Morgan fingerprint density at radius 1 is 1.42 bits per heavy atom. The molecular weight excluding hydrogens is 249 g/mol. The topological polar surface area (TPSA) is 60.2 Å². The second kappa shape index (κ2) is 5.36. The minimum atomic E-state index is -1.09. The number of rotatable bonds is 5. The third kappa shape index (κ3) is 2.73. The molecule has 5 nitrogen and oxygen atoms in total. The summed E-state index contributed by atoms with van der Waals surface area (Å²) in [7, 11) is 0. The lowest BCUT2D eigenvalue weighted by molar-refractivity contribution is -0.109. The van der Waals surface area contributed by atoms with Crippen LogP contribution in [0.25, 0.3) is 0 Å². The lowest BCUT2D eigenvalue weighted by Gasteiger charge is -2.34. The fourth-order valence-corrected chi connectivity index (χ4v) is 1.82. The van der Waals surface area contributed by atoms with Crippen LogP contribution in [-0.4, -0.2) is 26.0 Å². The fraction of sp³-hybridized carbons (Fsp3) is 0.385. The molecule has 2 atom stereocenters. The highest BCUT2D eigenvalue weighted by molar-refractivity contribution is 5.22. The van der Waals surface area contributed by atoms with E-state index in [0.29, 0.717) is 12.2 Å². The predicted molar refractivity (Wildman–Crippen MR) is 67.0 cm³/mol. The summed E-state index contributed by atoms with van der Waals surface area (Å²) in [5.41, 5.74) is -1.09. The molecule has 1 heterocycles. The predicted octanol–water partition coefficient (Wildman–Crippen LogP) is 1.94. The van der Waals surface area contributed by atoms with Crippen LogP contribution in [-0.2, 0) is 5.72 Å². The van der Waals surface area contributed by atoms with Crippen molar-refractivity contribution in [3.05, 3.63) is 42.7 Å². The number of aromatic nitrogens is 3. The number of nitrogens with zero attached hydrogens (tertiary/aromatic N) is 3. The molecule has 0 aliphatic heterocycles. The first-order valence-electron chi connectivity index (χ1n) is 6.04. The van der Waals surface area contributed by atoms with Crippen LogP contribution in [0.2, 0.25) is 0 Å². The second-order valence-corrected chi connectivity index (χ2v) is 4.37. The molecule has 0 saturated carbocycles. The van der Waals surface area contributed by atoms with Crippen molar-refractivity contribution in [2.45, 2.75) is 32.1 Å². The average molecular weight is 265 g/mol. The van der Waals surface area contributed by atoms with Crippen molar-refractivity contribution in [3.8, 4) is 5.75 Å². The zero-order chi connectivity index (χ0) is 13.9. The van der Waals surface area contributed by atoms with Gasteiger partial charge in [0.1, 0.15) is 30.3 Å². The van der Waals surface area contributed by atoms with Crippen LogP contribution in [0.1, 0.15) is 20.3 Å². The van der Waals surface area contributed by atoms with Crippen molar-refractivity contribution in [3.63, 3.8) is 0 Å². The van der Waals surface area contributed by atoms with Gasteiger partial charge in [-0.2, -0.15) is 5.10 Å². The van der Waals surface area contributed by atoms with Gasteiger partial charge in [0.25, 0.3) is 0 Å². The van der Waals surface area contributed by atoms with Gasteiger partial charge in [0.2, 0.25) is 5.72 Å². The van der Waals surface area contributed by atoms with E-state index in [-0.39, 0.29) is 5.82 Å². The number of aliphatic hydroxyl groups excluding tert-OH is 1. The van der Waals surface area contributed by atoms with Gasteiger partial charge >= 0.3 is 0 Å². The maximum Gasteiger partial charge on any atom is 0.226 e. The molecule has 0 bridgehead atoms. The molecule has 2 rings (SSSR count). The molecule has 1 aromatic carbocycles. The highest BCUT2D eigenvalue weighted by Gasteiger charge is 2.37. The minimum Gasteiger partial charge on any atom is -0.464 e. The number of benzene rings is 1. The summed E-state index contributed by atoms with van der Waals surface area (Å²) in [6.45, 7) is 3.55. The Balaban J connectivity index is 2.31. The lowest BCUT2D eigenvalue weighted by Crippen LogP contribution is -2.47. The van der Waals surface area contributed by atoms with Gasteiger partial charge in [-0.25, -0.2) is 14.1 Å². The largest absolute Gasteiger partial charge is 0.464 e. The van der Waals surface area contributed by atoms with Gasteiger partial charge in [-0.3, -0.25) is 0 Å². The van der Waals surface area contributed by atoms with Crippen molar-refractivity contribution in [2.24, 2.45) is 0 Å². The Kier molecular flexibility index (Phi) is 3.80. The monoisotopic (exact) mass is 265 g/mol. The molecule has 0 saturated heterocycles. The molecule has 0 radical (unpaired) electrons. The van der Waals surface area contributed by atoms with E-state index in [1.807, 2.05) is 6.92 Å². The van der Waals surface area contributed by atoms with Gasteiger partial charge in [0.05, 0.1) is 0 Å². The molecule has 1 N–H and O–H groups in total. The smallest absolute Gasteiger partial charge is 0.226 e. The summed E-state index contributed by atoms with van der Waals surface area (Å²) in [6, 6.07) is 5.62. The van der Waals surface area contributed by atoms with E-state index in [1.165, 1.54) is 41.6 Å².